The van der Waals surface area contributed by atoms with Crippen molar-refractivity contribution in [2.45, 2.75) is 270 Å². The first-order valence-corrected chi connectivity index (χ1v) is 32.1. The van der Waals surface area contributed by atoms with E-state index in [9.17, 15) is 19.4 Å². The minimum absolute atomic E-state index is 0.0600. The lowest BCUT2D eigenvalue weighted by Crippen LogP contribution is -2.45. The van der Waals surface area contributed by atoms with E-state index in [0.717, 1.165) is 83.5 Å². The maximum atomic E-state index is 12.9. The molecule has 74 heavy (non-hydrogen) atoms. The van der Waals surface area contributed by atoms with Crippen LogP contribution in [0.4, 0.5) is 0 Å². The van der Waals surface area contributed by atoms with Crippen LogP contribution in [0, 0.1) is 0 Å². The van der Waals surface area contributed by atoms with Crippen LogP contribution in [0.5, 0.6) is 0 Å². The van der Waals surface area contributed by atoms with Gasteiger partial charge < -0.3 is 19.8 Å². The lowest BCUT2D eigenvalue weighted by Gasteiger charge is -2.25. The minimum atomic E-state index is -4.34. The highest BCUT2D eigenvalue weighted by molar-refractivity contribution is 7.47. The summed E-state index contributed by atoms with van der Waals surface area (Å²) < 4.78 is 23.6. The topological polar surface area (TPSA) is 105 Å². The fraction of sp³-hybridized carbons (Fsp3) is 0.738. The average molecular weight is 1050 g/mol. The second-order valence-electron chi connectivity index (χ2n) is 21.7. The molecule has 1 amide bonds. The molecule has 3 atom stereocenters. The molecule has 0 radical (unpaired) electrons. The van der Waals surface area contributed by atoms with Gasteiger partial charge >= 0.3 is 7.82 Å². The largest absolute Gasteiger partial charge is 0.472 e. The Morgan fingerprint density at radius 2 is 0.811 bits per heavy atom. The highest BCUT2D eigenvalue weighted by atomic mass is 31.2. The number of carbonyl (C=O) groups is 1. The number of phosphoric ester groups is 1. The first-order valence-electron chi connectivity index (χ1n) is 30.6. The number of aliphatic hydroxyl groups excluding tert-OH is 1. The second kappa shape index (κ2) is 55.2. The number of rotatable bonds is 55. The van der Waals surface area contributed by atoms with Crippen LogP contribution in [0.3, 0.4) is 0 Å². The maximum absolute atomic E-state index is 12.9. The number of likely N-dealkylation sites (N-methyl/N-ethyl adjacent to an activating group) is 1. The summed E-state index contributed by atoms with van der Waals surface area (Å²) in [6.07, 6.45) is 79.7. The highest BCUT2D eigenvalue weighted by Crippen LogP contribution is 2.43. The van der Waals surface area contributed by atoms with Gasteiger partial charge in [-0.15, -0.1) is 0 Å². The standard InChI is InChI=1S/C65H117N2O6P/c1-6-8-10-12-14-16-18-19-20-21-22-23-24-25-26-27-28-29-30-31-32-33-34-35-36-37-38-39-40-41-42-43-44-45-46-47-49-51-53-55-57-59-65(69)66-63(62-73-74(70,71)72-61-60-67(3,4)5)64(68)58-56-54-52-50-48-17-15-13-11-9-7-2/h8,10,14,16,19-20,22-23,25-26,28-29,31-32,56,58,63-64,68H,6-7,9,11-13,15,17-18,21,24,27,30,33-55,57,59-62H2,1-5H3,(H-,66,69,70,71)/p+1/b10-8-,16-14-,20-19-,23-22-,26-25-,29-28-,32-31-,58-56+. The van der Waals surface area contributed by atoms with Gasteiger partial charge in [-0.25, -0.2) is 4.57 Å². The van der Waals surface area contributed by atoms with Crippen molar-refractivity contribution in [1.29, 1.82) is 0 Å². The molecule has 3 N–H and O–H groups in total. The summed E-state index contributed by atoms with van der Waals surface area (Å²) >= 11 is 0. The first-order chi connectivity index (χ1) is 36.0. The van der Waals surface area contributed by atoms with E-state index in [0.29, 0.717) is 17.4 Å². The summed E-state index contributed by atoms with van der Waals surface area (Å²) in [6, 6.07) is -0.847. The summed E-state index contributed by atoms with van der Waals surface area (Å²) in [5.74, 6) is -0.178. The number of unbranched alkanes of at least 4 members (excludes halogenated alkanes) is 28. The molecule has 0 aliphatic rings. The molecule has 428 valence electrons. The molecule has 9 heteroatoms. The van der Waals surface area contributed by atoms with E-state index < -0.39 is 20.0 Å². The summed E-state index contributed by atoms with van der Waals surface area (Å²) in [4.78, 5) is 23.2. The first kappa shape index (κ1) is 71.4. The maximum Gasteiger partial charge on any atom is 0.472 e. The van der Waals surface area contributed by atoms with Crippen molar-refractivity contribution >= 4 is 13.7 Å². The quantitative estimate of drug-likeness (QED) is 0.0243. The number of carbonyl (C=O) groups excluding carboxylic acids is 1. The molecule has 0 aliphatic heterocycles. The number of nitrogens with one attached hydrogen (secondary N) is 1. The van der Waals surface area contributed by atoms with E-state index >= 15 is 0 Å². The molecule has 0 rings (SSSR count). The van der Waals surface area contributed by atoms with Crippen LogP contribution < -0.4 is 5.32 Å². The Morgan fingerprint density at radius 3 is 1.19 bits per heavy atom. The van der Waals surface area contributed by atoms with E-state index in [1.807, 2.05) is 27.2 Å². The molecule has 0 aromatic carbocycles. The Labute approximate surface area is 458 Å². The van der Waals surface area contributed by atoms with Gasteiger partial charge in [0.1, 0.15) is 13.2 Å². The van der Waals surface area contributed by atoms with Crippen LogP contribution >= 0.6 is 7.82 Å². The Hall–Kier alpha value is -2.58. The molecule has 0 saturated heterocycles. The van der Waals surface area contributed by atoms with Crippen molar-refractivity contribution in [3.8, 4) is 0 Å². The number of aliphatic hydroxyl groups is 1. The van der Waals surface area contributed by atoms with Crippen LogP contribution in [-0.2, 0) is 18.4 Å². The lowest BCUT2D eigenvalue weighted by atomic mass is 10.0. The van der Waals surface area contributed by atoms with Gasteiger partial charge in [-0.1, -0.05) is 272 Å². The van der Waals surface area contributed by atoms with Crippen molar-refractivity contribution in [1.82, 2.24) is 5.32 Å². The second-order valence-corrected chi connectivity index (χ2v) is 23.2. The summed E-state index contributed by atoms with van der Waals surface area (Å²) in [5, 5.41) is 13.9. The third-order valence-electron chi connectivity index (χ3n) is 13.3. The smallest absolute Gasteiger partial charge is 0.387 e. The summed E-state index contributed by atoms with van der Waals surface area (Å²) in [6.45, 7) is 4.69. The van der Waals surface area contributed by atoms with Gasteiger partial charge in [-0.3, -0.25) is 13.8 Å². The van der Waals surface area contributed by atoms with E-state index in [2.05, 4.69) is 104 Å². The number of hydrogen-bond donors (Lipinski definition) is 3. The van der Waals surface area contributed by atoms with Gasteiger partial charge in [0, 0.05) is 6.42 Å². The molecule has 0 heterocycles. The predicted molar refractivity (Wildman–Crippen MR) is 322 cm³/mol. The van der Waals surface area contributed by atoms with Crippen LogP contribution in [0.1, 0.15) is 258 Å². The van der Waals surface area contributed by atoms with Crippen LogP contribution in [-0.4, -0.2) is 73.4 Å². The molecule has 0 saturated carbocycles. The fourth-order valence-electron chi connectivity index (χ4n) is 8.55. The predicted octanol–water partition coefficient (Wildman–Crippen LogP) is 19.0. The third kappa shape index (κ3) is 57.1. The number of amides is 1. The number of nitrogens with zero attached hydrogens (tertiary/aromatic N) is 1. The van der Waals surface area contributed by atoms with Crippen molar-refractivity contribution < 1.29 is 32.9 Å². The minimum Gasteiger partial charge on any atom is -0.387 e. The summed E-state index contributed by atoms with van der Waals surface area (Å²) in [7, 11) is 1.57. The van der Waals surface area contributed by atoms with Gasteiger partial charge in [0.2, 0.25) is 5.91 Å². The molecule has 0 bridgehead atoms. The Morgan fingerprint density at radius 1 is 0.473 bits per heavy atom. The van der Waals surface area contributed by atoms with Crippen molar-refractivity contribution in [2.24, 2.45) is 0 Å². The van der Waals surface area contributed by atoms with Crippen molar-refractivity contribution in [3.63, 3.8) is 0 Å². The highest BCUT2D eigenvalue weighted by Gasteiger charge is 2.27. The van der Waals surface area contributed by atoms with Crippen LogP contribution in [0.2, 0.25) is 0 Å². The number of hydrogen-bond acceptors (Lipinski definition) is 5. The van der Waals surface area contributed by atoms with Gasteiger partial charge in [-0.05, 0) is 77.0 Å². The average Bonchev–Trinajstić information content (AvgIpc) is 3.36. The van der Waals surface area contributed by atoms with E-state index in [1.54, 1.807) is 6.08 Å². The van der Waals surface area contributed by atoms with E-state index in [1.165, 1.54) is 154 Å². The van der Waals surface area contributed by atoms with Crippen molar-refractivity contribution in [2.75, 3.05) is 40.9 Å². The normalized spacial score (nSPS) is 14.5. The molecule has 0 fully saturated rings. The van der Waals surface area contributed by atoms with E-state index in [4.69, 9.17) is 9.05 Å². The zero-order valence-corrected chi connectivity index (χ0v) is 49.7. The Kier molecular flexibility index (Phi) is 53.3. The Bertz CT molecular complexity index is 1520. The molecule has 0 aliphatic carbocycles. The summed E-state index contributed by atoms with van der Waals surface area (Å²) in [5.41, 5.74) is 0. The molecule has 0 aromatic rings. The number of allylic oxidation sites excluding steroid dienone is 15. The number of phosphoric acid groups is 1. The van der Waals surface area contributed by atoms with E-state index in [-0.39, 0.29) is 19.1 Å². The molecular weight excluding hydrogens is 936 g/mol. The van der Waals surface area contributed by atoms with Gasteiger partial charge in [0.05, 0.1) is 39.9 Å². The van der Waals surface area contributed by atoms with Gasteiger partial charge in [0.25, 0.3) is 0 Å². The number of quaternary nitrogens is 1. The van der Waals surface area contributed by atoms with Crippen molar-refractivity contribution in [3.05, 3.63) is 97.2 Å². The SMILES string of the molecule is CC/C=C\C/C=C\C/C=C\C/C=C\C/C=C\C/C=C\C/C=C\CCCCCCCCCCCCCCCCCCCCCC(=O)NC(COP(=O)(O)OCC[N+](C)(C)C)C(O)/C=C/CCCCCCCCCCC. The molecule has 0 spiro atoms. The molecule has 0 aromatic heterocycles. The Balaban J connectivity index is 3.90. The molecule has 8 nitrogen and oxygen atoms in total. The van der Waals surface area contributed by atoms with Gasteiger partial charge in [0.15, 0.2) is 0 Å². The lowest BCUT2D eigenvalue weighted by molar-refractivity contribution is -0.870. The van der Waals surface area contributed by atoms with Crippen LogP contribution in [0.15, 0.2) is 97.2 Å². The molecular formula is C65H118N2O6P+. The van der Waals surface area contributed by atoms with Gasteiger partial charge in [-0.2, -0.15) is 0 Å². The molecule has 3 unspecified atom stereocenters. The third-order valence-corrected chi connectivity index (χ3v) is 14.3. The fourth-order valence-corrected chi connectivity index (χ4v) is 9.29. The zero-order chi connectivity index (χ0) is 54.2. The monoisotopic (exact) mass is 1050 g/mol. The van der Waals surface area contributed by atoms with Crippen LogP contribution in [0.25, 0.3) is 0 Å². The zero-order valence-electron chi connectivity index (χ0n) is 48.8.